The van der Waals surface area contributed by atoms with Crippen LogP contribution in [0.2, 0.25) is 0 Å². The molecule has 8 N–H and O–H groups in total. The molecule has 12 aliphatic rings. The molecular weight excluding hydrogens is 881 g/mol. The molecule has 8 heterocycles. The van der Waals surface area contributed by atoms with Gasteiger partial charge in [-0.25, -0.2) is 0 Å². The van der Waals surface area contributed by atoms with Gasteiger partial charge in [0.1, 0.15) is 48.1 Å². The number of phenols is 1. The van der Waals surface area contributed by atoms with Gasteiger partial charge in [0.05, 0.1) is 29.4 Å². The maximum absolute atomic E-state index is 13.8. The molecule has 13 heteroatoms. The number of aliphatic hydroxyl groups is 3. The summed E-state index contributed by atoms with van der Waals surface area (Å²) in [5.41, 5.74) is 15.2. The van der Waals surface area contributed by atoms with E-state index in [0.717, 1.165) is 96.4 Å². The second-order valence-corrected chi connectivity index (χ2v) is 23.9. The van der Waals surface area contributed by atoms with Crippen molar-refractivity contribution in [2.75, 3.05) is 18.8 Å². The number of aromatic hydroxyl groups is 1. The molecule has 3 spiro atoms. The predicted molar refractivity (Wildman–Crippen MR) is 259 cm³/mol. The first kappa shape index (κ1) is 44.2. The van der Waals surface area contributed by atoms with Gasteiger partial charge < -0.3 is 35.6 Å². The first-order chi connectivity index (χ1) is 32.5. The van der Waals surface area contributed by atoms with E-state index >= 15 is 0 Å². The molecule has 67 heavy (non-hydrogen) atoms. The number of hydrogen-bond acceptors (Lipinski definition) is 12. The molecule has 8 aliphatic heterocycles. The van der Waals surface area contributed by atoms with Gasteiger partial charge in [-0.2, -0.15) is 0 Å². The van der Waals surface area contributed by atoms with E-state index in [1.54, 1.807) is 16.9 Å². The Kier molecular flexibility index (Phi) is 11.1. The zero-order valence-electron chi connectivity index (χ0n) is 38.1. The number of aliphatic imine (C=N–C) groups is 1. The molecule has 0 saturated heterocycles. The van der Waals surface area contributed by atoms with Crippen LogP contribution in [0.4, 0.5) is 0 Å². The summed E-state index contributed by atoms with van der Waals surface area (Å²) in [4.78, 5) is 20.1. The number of ketones is 1. The minimum Gasteiger partial charge on any atom is -0.508 e. The SMILES string of the molecule is CC1C=CC(C(O)CC(=O)CCc2c(O)cc3c4c2CSSCC25CNC(N)c6ccc7c(c62)C(C2=CN=C6C[NH+](C=C26)C(O4)C(C#CC7O)C2(C#CO3)CCCC2)C2(CCCC2)C5)C(O)C1. The van der Waals surface area contributed by atoms with Crippen LogP contribution in [-0.4, -0.2) is 69.2 Å². The summed E-state index contributed by atoms with van der Waals surface area (Å²) in [5, 5.41) is 50.5. The number of rotatable bonds is 6. The first-order valence-corrected chi connectivity index (χ1v) is 27.2. The largest absolute Gasteiger partial charge is 0.508 e. The van der Waals surface area contributed by atoms with Crippen LogP contribution in [0.15, 0.2) is 58.9 Å². The fourth-order valence-electron chi connectivity index (χ4n) is 14.3. The van der Waals surface area contributed by atoms with E-state index in [1.165, 1.54) is 16.7 Å². The summed E-state index contributed by atoms with van der Waals surface area (Å²) >= 11 is 0. The van der Waals surface area contributed by atoms with E-state index in [9.17, 15) is 25.2 Å². The second kappa shape index (κ2) is 16.8. The topological polar surface area (TPSA) is 171 Å². The van der Waals surface area contributed by atoms with Gasteiger partial charge in [0.15, 0.2) is 11.5 Å². The van der Waals surface area contributed by atoms with Crippen molar-refractivity contribution < 1.29 is 39.6 Å². The number of benzene rings is 2. The number of ether oxygens (including phenoxy) is 2. The van der Waals surface area contributed by atoms with Crippen molar-refractivity contribution in [1.29, 1.82) is 0 Å². The molecule has 2 aromatic carbocycles. The lowest BCUT2D eigenvalue weighted by atomic mass is 9.50. The molecule has 10 bridgehead atoms. The number of nitrogens with one attached hydrogen (secondary N) is 2. The number of hydrogen-bond donors (Lipinski definition) is 7. The number of aliphatic hydroxyl groups excluding tert-OH is 3. The van der Waals surface area contributed by atoms with Crippen LogP contribution in [0.3, 0.4) is 0 Å². The van der Waals surface area contributed by atoms with Gasteiger partial charge in [-0.1, -0.05) is 96.2 Å². The fourth-order valence-corrected chi connectivity index (χ4v) is 17.0. The lowest BCUT2D eigenvalue weighted by Crippen LogP contribution is -3.13. The highest BCUT2D eigenvalue weighted by atomic mass is 33.1. The Bertz CT molecular complexity index is 2680. The number of nitrogens with zero attached hydrogens (tertiary/aromatic N) is 1. The summed E-state index contributed by atoms with van der Waals surface area (Å²) in [6, 6.07) is 5.83. The van der Waals surface area contributed by atoms with E-state index in [4.69, 9.17) is 20.2 Å². The monoisotopic (exact) mass is 941 g/mol. The molecule has 14 rings (SSSR count). The number of carbonyl (C=O) groups excluding carboxylic acids is 1. The summed E-state index contributed by atoms with van der Waals surface area (Å²) in [5.74, 6) is 11.9. The number of fused-ring (bicyclic) bond motifs is 1. The van der Waals surface area contributed by atoms with Gasteiger partial charge in [-0.05, 0) is 84.1 Å². The van der Waals surface area contributed by atoms with Gasteiger partial charge in [0.2, 0.25) is 0 Å². The molecule has 2 aromatic rings. The van der Waals surface area contributed by atoms with Crippen molar-refractivity contribution in [3.05, 3.63) is 87.3 Å². The first-order valence-electron chi connectivity index (χ1n) is 24.7. The third-order valence-corrected chi connectivity index (χ3v) is 19.9. The molecule has 0 amide bonds. The van der Waals surface area contributed by atoms with Crippen LogP contribution in [0.1, 0.15) is 136 Å². The van der Waals surface area contributed by atoms with E-state index in [0.29, 0.717) is 42.3 Å². The molecule has 0 radical (unpaired) electrons. The number of phenolic OH excluding ortho intramolecular Hbond substituents is 1. The van der Waals surface area contributed by atoms with Gasteiger partial charge in [0.25, 0.3) is 6.23 Å². The third kappa shape index (κ3) is 7.20. The zero-order chi connectivity index (χ0) is 45.8. The lowest BCUT2D eigenvalue weighted by molar-refractivity contribution is -0.888. The Hall–Kier alpha value is -4.02. The van der Waals surface area contributed by atoms with Gasteiger partial charge in [0, 0.05) is 71.5 Å². The van der Waals surface area contributed by atoms with Crippen molar-refractivity contribution in [2.24, 2.45) is 39.3 Å². The van der Waals surface area contributed by atoms with Crippen LogP contribution in [0.25, 0.3) is 0 Å². The fraction of sp³-hybridized carbons (Fsp3) is 0.556. The summed E-state index contributed by atoms with van der Waals surface area (Å²) in [6.07, 6.45) is 17.4. The molecule has 11 unspecified atom stereocenters. The highest BCUT2D eigenvalue weighted by Gasteiger charge is 2.60. The number of nitrogens with two attached hydrogens (primary N) is 1. The van der Waals surface area contributed by atoms with Crippen molar-refractivity contribution >= 4 is 33.1 Å². The van der Waals surface area contributed by atoms with Crippen molar-refractivity contribution in [3.8, 4) is 41.1 Å². The summed E-state index contributed by atoms with van der Waals surface area (Å²) in [6.45, 7) is 3.32. The average Bonchev–Trinajstić information content (AvgIpc) is 4.13. The Labute approximate surface area is 400 Å². The Morgan fingerprint density at radius 3 is 2.72 bits per heavy atom. The van der Waals surface area contributed by atoms with Crippen LogP contribution in [-0.2, 0) is 22.4 Å². The van der Waals surface area contributed by atoms with E-state index < -0.39 is 41.8 Å². The Morgan fingerprint density at radius 2 is 1.90 bits per heavy atom. The molecule has 0 aromatic heterocycles. The number of quaternary nitrogens is 1. The van der Waals surface area contributed by atoms with Gasteiger partial charge in [-0.3, -0.25) is 20.0 Å². The second-order valence-electron chi connectivity index (χ2n) is 21.5. The zero-order valence-corrected chi connectivity index (χ0v) is 39.7. The highest BCUT2D eigenvalue weighted by molar-refractivity contribution is 8.76. The van der Waals surface area contributed by atoms with Crippen LogP contribution in [0, 0.1) is 52.5 Å². The molecule has 11 atom stereocenters. The smallest absolute Gasteiger partial charge is 0.252 e. The predicted octanol–water partition coefficient (Wildman–Crippen LogP) is 6.07. The van der Waals surface area contributed by atoms with E-state index in [-0.39, 0.29) is 59.6 Å². The molecule has 2 saturated carbocycles. The summed E-state index contributed by atoms with van der Waals surface area (Å²) < 4.78 is 14.0. The van der Waals surface area contributed by atoms with E-state index in [1.807, 2.05) is 29.9 Å². The minimum atomic E-state index is -1.07. The average molecular weight is 942 g/mol. The molecule has 2 fully saturated rings. The Balaban J connectivity index is 1.04. The summed E-state index contributed by atoms with van der Waals surface area (Å²) in [7, 11) is 3.53. The number of carbonyl (C=O) groups is 1. The van der Waals surface area contributed by atoms with Crippen LogP contribution in [0.5, 0.6) is 17.2 Å². The number of Topliss-reactive ketones (excluding diaryl/α,β-unsaturated/α-hetero) is 1. The van der Waals surface area contributed by atoms with Gasteiger partial charge >= 0.3 is 0 Å². The van der Waals surface area contributed by atoms with Gasteiger partial charge in [-0.15, -0.1) is 0 Å². The maximum Gasteiger partial charge on any atom is 0.252 e. The van der Waals surface area contributed by atoms with Crippen molar-refractivity contribution in [2.45, 2.75) is 138 Å². The normalized spacial score (nSPS) is 34.8. The molecule has 4 aliphatic carbocycles. The Morgan fingerprint density at radius 1 is 1.09 bits per heavy atom. The maximum atomic E-state index is 13.8. The minimum absolute atomic E-state index is 0.00154. The van der Waals surface area contributed by atoms with Crippen LogP contribution < -0.4 is 25.4 Å². The highest BCUT2D eigenvalue weighted by Crippen LogP contribution is 2.67. The van der Waals surface area contributed by atoms with Crippen molar-refractivity contribution in [1.82, 2.24) is 5.32 Å². The third-order valence-electron chi connectivity index (χ3n) is 17.5. The van der Waals surface area contributed by atoms with Crippen LogP contribution >= 0.6 is 21.6 Å². The quantitative estimate of drug-likeness (QED) is 0.102. The van der Waals surface area contributed by atoms with Crippen molar-refractivity contribution in [3.63, 3.8) is 0 Å². The molecular formula is C54H61N4O7S2+. The molecule has 350 valence electrons. The lowest BCUT2D eigenvalue weighted by Gasteiger charge is -2.56. The number of allylic oxidation sites excluding steroid dienone is 2. The van der Waals surface area contributed by atoms with E-state index in [2.05, 4.69) is 53.7 Å². The standard InChI is InChI=1S/C54H60N4O7S2/c1-30-6-8-33(42(61)20-30)43(62)21-31(59)7-9-32-38-26-66-67-29-54-27-53(16-4-5-17-53)48-36-23-56-40-25-58(24-37(36)40)51-39(12-13-41(60)34-10-11-35(47(54)46(34)48)50(55)57-28-54)52(14-2-3-15-52)18-19-64-45(22-44(32)63)49(38)65-51/h6,8,10-11,22-24,30,33,39,41-43,48,50-51,57,60-63H,2-5,7,9,14-17,20-21,25-29,55H2,1H3/p+1. The molecule has 11 nitrogen and oxygen atoms in total.